The number of amidine groups is 1. The lowest BCUT2D eigenvalue weighted by atomic mass is 10.0. The number of nitrogens with zero attached hydrogens (tertiary/aromatic N) is 2. The molecule has 18 heavy (non-hydrogen) atoms. The second-order valence-corrected chi connectivity index (χ2v) is 4.96. The highest BCUT2D eigenvalue weighted by molar-refractivity contribution is 5.83. The van der Waals surface area contributed by atoms with Gasteiger partial charge in [0, 0.05) is 18.6 Å². The molecule has 8 heteroatoms. The Morgan fingerprint density at radius 2 is 1.89 bits per heavy atom. The zero-order valence-electron chi connectivity index (χ0n) is 11.0. The van der Waals surface area contributed by atoms with Crippen LogP contribution in [0.3, 0.4) is 0 Å². The summed E-state index contributed by atoms with van der Waals surface area (Å²) in [5, 5.41) is 13.5. The van der Waals surface area contributed by atoms with Crippen LogP contribution in [0.15, 0.2) is 5.16 Å². The van der Waals surface area contributed by atoms with Crippen molar-refractivity contribution in [2.45, 2.75) is 25.6 Å². The fraction of sp³-hybridized carbons (Fsp3) is 0.900. The lowest BCUT2D eigenvalue weighted by Crippen LogP contribution is -2.50. The first-order valence-corrected chi connectivity index (χ1v) is 5.44. The van der Waals surface area contributed by atoms with E-state index >= 15 is 0 Å². The van der Waals surface area contributed by atoms with E-state index in [1.165, 1.54) is 0 Å². The van der Waals surface area contributed by atoms with Crippen LogP contribution in [0.4, 0.5) is 13.2 Å². The van der Waals surface area contributed by atoms with Crippen molar-refractivity contribution < 1.29 is 18.4 Å². The van der Waals surface area contributed by atoms with Gasteiger partial charge in [-0.15, -0.1) is 0 Å². The van der Waals surface area contributed by atoms with Gasteiger partial charge >= 0.3 is 6.18 Å². The minimum absolute atomic E-state index is 0.290. The van der Waals surface area contributed by atoms with E-state index in [1.807, 2.05) is 32.8 Å². The van der Waals surface area contributed by atoms with E-state index in [-0.39, 0.29) is 5.54 Å². The SMILES string of the molecule is CN(C)C(C)(C)CNCC(C(N)=NO)C(F)(F)F. The fourth-order valence-corrected chi connectivity index (χ4v) is 1.14. The van der Waals surface area contributed by atoms with E-state index in [0.717, 1.165) is 0 Å². The summed E-state index contributed by atoms with van der Waals surface area (Å²) in [5.74, 6) is -2.82. The number of hydrogen-bond donors (Lipinski definition) is 3. The lowest BCUT2D eigenvalue weighted by Gasteiger charge is -2.33. The average molecular weight is 270 g/mol. The van der Waals surface area contributed by atoms with Crippen molar-refractivity contribution in [2.75, 3.05) is 27.2 Å². The minimum Gasteiger partial charge on any atom is -0.409 e. The molecule has 0 heterocycles. The molecule has 0 saturated carbocycles. The molecule has 0 aliphatic rings. The second-order valence-electron chi connectivity index (χ2n) is 4.96. The quantitative estimate of drug-likeness (QED) is 0.289. The molecule has 0 amide bonds. The maximum atomic E-state index is 12.6. The van der Waals surface area contributed by atoms with Crippen LogP contribution in [-0.2, 0) is 0 Å². The predicted molar refractivity (Wildman–Crippen MR) is 63.6 cm³/mol. The van der Waals surface area contributed by atoms with Gasteiger partial charge in [-0.2, -0.15) is 13.2 Å². The highest BCUT2D eigenvalue weighted by atomic mass is 19.4. The van der Waals surface area contributed by atoms with Crippen molar-refractivity contribution in [3.05, 3.63) is 0 Å². The van der Waals surface area contributed by atoms with Crippen molar-refractivity contribution in [3.8, 4) is 0 Å². The van der Waals surface area contributed by atoms with Crippen molar-refractivity contribution in [2.24, 2.45) is 16.8 Å². The van der Waals surface area contributed by atoms with Crippen LogP contribution in [0.5, 0.6) is 0 Å². The van der Waals surface area contributed by atoms with Crippen LogP contribution >= 0.6 is 0 Å². The van der Waals surface area contributed by atoms with Crippen molar-refractivity contribution in [3.63, 3.8) is 0 Å². The molecule has 0 aliphatic carbocycles. The summed E-state index contributed by atoms with van der Waals surface area (Å²) in [6.45, 7) is 3.72. The molecule has 0 spiro atoms. The Balaban J connectivity index is 4.48. The van der Waals surface area contributed by atoms with Gasteiger partial charge in [-0.3, -0.25) is 0 Å². The molecule has 4 N–H and O–H groups in total. The molecular formula is C10H21F3N4O. The summed E-state index contributed by atoms with van der Waals surface area (Å²) >= 11 is 0. The molecule has 0 radical (unpaired) electrons. The normalized spacial score (nSPS) is 16.1. The molecule has 5 nitrogen and oxygen atoms in total. The topological polar surface area (TPSA) is 73.9 Å². The number of nitrogens with one attached hydrogen (secondary N) is 1. The fourth-order valence-electron chi connectivity index (χ4n) is 1.14. The van der Waals surface area contributed by atoms with E-state index in [9.17, 15) is 13.2 Å². The third-order valence-electron chi connectivity index (χ3n) is 2.98. The summed E-state index contributed by atoms with van der Waals surface area (Å²) in [6.07, 6.45) is -4.54. The van der Waals surface area contributed by atoms with Gasteiger partial charge in [0.25, 0.3) is 0 Å². The van der Waals surface area contributed by atoms with Gasteiger partial charge in [-0.05, 0) is 27.9 Å². The number of nitrogens with two attached hydrogens (primary N) is 1. The summed E-state index contributed by atoms with van der Waals surface area (Å²) < 4.78 is 37.8. The summed E-state index contributed by atoms with van der Waals surface area (Å²) in [7, 11) is 3.68. The minimum atomic E-state index is -4.54. The Bertz CT molecular complexity index is 289. The smallest absolute Gasteiger partial charge is 0.400 e. The molecule has 1 atom stereocenters. The summed E-state index contributed by atoms with van der Waals surface area (Å²) in [6, 6.07) is 0. The number of likely N-dealkylation sites (N-methyl/N-ethyl adjacent to an activating group) is 1. The van der Waals surface area contributed by atoms with E-state index < -0.39 is 24.5 Å². The van der Waals surface area contributed by atoms with E-state index in [4.69, 9.17) is 10.9 Å². The summed E-state index contributed by atoms with van der Waals surface area (Å²) in [5.41, 5.74) is 4.75. The Morgan fingerprint density at radius 1 is 1.39 bits per heavy atom. The molecule has 0 rings (SSSR count). The molecule has 0 aromatic carbocycles. The van der Waals surface area contributed by atoms with Crippen LogP contribution in [0.1, 0.15) is 13.8 Å². The molecule has 1 unspecified atom stereocenters. The molecule has 0 saturated heterocycles. The Morgan fingerprint density at radius 3 is 2.22 bits per heavy atom. The first-order valence-electron chi connectivity index (χ1n) is 5.44. The molecule has 0 fully saturated rings. The van der Waals surface area contributed by atoms with Crippen LogP contribution < -0.4 is 11.1 Å². The lowest BCUT2D eigenvalue weighted by molar-refractivity contribution is -0.155. The largest absolute Gasteiger partial charge is 0.409 e. The highest BCUT2D eigenvalue weighted by Crippen LogP contribution is 2.26. The second kappa shape index (κ2) is 6.24. The first kappa shape index (κ1) is 17.0. The van der Waals surface area contributed by atoms with E-state index in [2.05, 4.69) is 10.5 Å². The van der Waals surface area contributed by atoms with Crippen LogP contribution in [0.25, 0.3) is 0 Å². The number of hydrogen-bond acceptors (Lipinski definition) is 4. The predicted octanol–water partition coefficient (Wildman–Crippen LogP) is 0.841. The zero-order valence-corrected chi connectivity index (χ0v) is 11.0. The maximum Gasteiger partial charge on any atom is 0.400 e. The van der Waals surface area contributed by atoms with E-state index in [0.29, 0.717) is 6.54 Å². The van der Waals surface area contributed by atoms with Gasteiger partial charge in [-0.25, -0.2) is 0 Å². The van der Waals surface area contributed by atoms with Crippen LogP contribution in [0, 0.1) is 5.92 Å². The first-order chi connectivity index (χ1) is 8.02. The van der Waals surface area contributed by atoms with Gasteiger partial charge in [0.2, 0.25) is 0 Å². The number of halogens is 3. The zero-order chi connectivity index (χ0) is 14.6. The monoisotopic (exact) mass is 270 g/mol. The van der Waals surface area contributed by atoms with Gasteiger partial charge in [0.15, 0.2) is 5.84 Å². The molecular weight excluding hydrogens is 249 g/mol. The van der Waals surface area contributed by atoms with Gasteiger partial charge in [-0.1, -0.05) is 5.16 Å². The number of oxime groups is 1. The summed E-state index contributed by atoms with van der Waals surface area (Å²) in [4.78, 5) is 1.89. The molecule has 0 aliphatic heterocycles. The molecule has 0 bridgehead atoms. The van der Waals surface area contributed by atoms with Crippen LogP contribution in [-0.4, -0.2) is 54.8 Å². The van der Waals surface area contributed by atoms with Crippen LogP contribution in [0.2, 0.25) is 0 Å². The van der Waals surface area contributed by atoms with Crippen molar-refractivity contribution in [1.29, 1.82) is 0 Å². The van der Waals surface area contributed by atoms with E-state index in [1.54, 1.807) is 0 Å². The van der Waals surface area contributed by atoms with Gasteiger partial charge in [0.05, 0.1) is 0 Å². The Kier molecular flexibility index (Phi) is 5.88. The number of alkyl halides is 3. The highest BCUT2D eigenvalue weighted by Gasteiger charge is 2.42. The molecule has 108 valence electrons. The molecule has 0 aromatic rings. The van der Waals surface area contributed by atoms with Gasteiger partial charge < -0.3 is 21.2 Å². The van der Waals surface area contributed by atoms with Crippen molar-refractivity contribution in [1.82, 2.24) is 10.2 Å². The Hall–Kier alpha value is -1.02. The molecule has 0 aromatic heterocycles. The Labute approximate surface area is 105 Å². The number of rotatable bonds is 6. The van der Waals surface area contributed by atoms with Crippen molar-refractivity contribution >= 4 is 5.84 Å². The third-order valence-corrected chi connectivity index (χ3v) is 2.98. The third kappa shape index (κ3) is 5.09. The maximum absolute atomic E-state index is 12.6. The van der Waals surface area contributed by atoms with Gasteiger partial charge in [0.1, 0.15) is 5.92 Å². The average Bonchev–Trinajstić information content (AvgIpc) is 2.21. The standard InChI is InChI=1S/C10H21F3N4O/c1-9(2,17(3)4)6-15-5-7(8(14)16-18)10(11,12)13/h7,15,18H,5-6H2,1-4H3,(H2,14,16).